The molecule has 1 aromatic heterocycles. The summed E-state index contributed by atoms with van der Waals surface area (Å²) in [6.45, 7) is 11.7. The van der Waals surface area contributed by atoms with Crippen molar-refractivity contribution >= 4 is 11.6 Å². The molecular formula is C16H28N4. The lowest BCUT2D eigenvalue weighted by molar-refractivity contribution is 0.543. The zero-order valence-electron chi connectivity index (χ0n) is 13.5. The molecule has 0 radical (unpaired) electrons. The van der Waals surface area contributed by atoms with Gasteiger partial charge < -0.3 is 10.6 Å². The summed E-state index contributed by atoms with van der Waals surface area (Å²) >= 11 is 0. The molecule has 1 heterocycles. The molecule has 1 saturated carbocycles. The lowest BCUT2D eigenvalue weighted by atomic mass is 9.95. The molecule has 1 aliphatic carbocycles. The lowest BCUT2D eigenvalue weighted by Gasteiger charge is -2.28. The van der Waals surface area contributed by atoms with Crippen LogP contribution in [0.1, 0.15) is 64.8 Å². The number of rotatable bonds is 5. The average Bonchev–Trinajstić information content (AvgIpc) is 3.17. The van der Waals surface area contributed by atoms with Crippen LogP contribution in [0.2, 0.25) is 0 Å². The van der Waals surface area contributed by atoms with Gasteiger partial charge in [0.25, 0.3) is 0 Å². The third-order valence-corrected chi connectivity index (χ3v) is 3.84. The first-order valence-electron chi connectivity index (χ1n) is 7.75. The molecule has 0 aromatic carbocycles. The number of nitrogens with zero attached hydrogens (tertiary/aromatic N) is 3. The number of anilines is 2. The van der Waals surface area contributed by atoms with Gasteiger partial charge in [-0.2, -0.15) is 0 Å². The Bertz CT molecular complexity index is 472. The maximum atomic E-state index is 6.13. The van der Waals surface area contributed by atoms with Gasteiger partial charge in [0.15, 0.2) is 0 Å². The van der Waals surface area contributed by atoms with Crippen LogP contribution in [0.4, 0.5) is 11.6 Å². The van der Waals surface area contributed by atoms with E-state index in [2.05, 4.69) is 37.6 Å². The summed E-state index contributed by atoms with van der Waals surface area (Å²) in [6, 6.07) is 0.655. The van der Waals surface area contributed by atoms with Crippen molar-refractivity contribution in [1.82, 2.24) is 9.97 Å². The maximum Gasteiger partial charge on any atom is 0.138 e. The first kappa shape index (κ1) is 15.1. The van der Waals surface area contributed by atoms with Crippen molar-refractivity contribution in [3.63, 3.8) is 0 Å². The van der Waals surface area contributed by atoms with E-state index in [0.29, 0.717) is 11.9 Å². The monoisotopic (exact) mass is 276 g/mol. The molecule has 2 N–H and O–H groups in total. The van der Waals surface area contributed by atoms with Crippen molar-refractivity contribution < 1.29 is 0 Å². The first-order chi connectivity index (χ1) is 9.34. The topological polar surface area (TPSA) is 55.0 Å². The zero-order chi connectivity index (χ0) is 14.9. The molecule has 0 bridgehead atoms. The summed E-state index contributed by atoms with van der Waals surface area (Å²) in [5, 5.41) is 0. The van der Waals surface area contributed by atoms with Gasteiger partial charge in [-0.15, -0.1) is 0 Å². The van der Waals surface area contributed by atoms with Gasteiger partial charge in [-0.25, -0.2) is 9.97 Å². The quantitative estimate of drug-likeness (QED) is 0.895. The predicted molar refractivity (Wildman–Crippen MR) is 85.2 cm³/mol. The highest BCUT2D eigenvalue weighted by Crippen LogP contribution is 2.35. The maximum absolute atomic E-state index is 6.13. The fourth-order valence-corrected chi connectivity index (χ4v) is 2.31. The Hall–Kier alpha value is -1.32. The molecule has 0 amide bonds. The van der Waals surface area contributed by atoms with Crippen LogP contribution in [-0.4, -0.2) is 22.6 Å². The van der Waals surface area contributed by atoms with E-state index < -0.39 is 0 Å². The van der Waals surface area contributed by atoms with Gasteiger partial charge in [0, 0.05) is 23.6 Å². The van der Waals surface area contributed by atoms with Gasteiger partial charge in [0.05, 0.1) is 0 Å². The summed E-state index contributed by atoms with van der Waals surface area (Å²) in [5.74, 6) is 2.53. The Kier molecular flexibility index (Phi) is 4.21. The SMILES string of the molecule is CCCCN(c1nc(C(C)(C)C)nc(N)c1C)C1CC1. The van der Waals surface area contributed by atoms with E-state index >= 15 is 0 Å². The molecule has 4 nitrogen and oxygen atoms in total. The Morgan fingerprint density at radius 3 is 2.40 bits per heavy atom. The van der Waals surface area contributed by atoms with Gasteiger partial charge in [-0.05, 0) is 26.2 Å². The molecule has 4 heteroatoms. The van der Waals surface area contributed by atoms with Gasteiger partial charge in [0.2, 0.25) is 0 Å². The smallest absolute Gasteiger partial charge is 0.138 e. The number of hydrogen-bond acceptors (Lipinski definition) is 4. The van der Waals surface area contributed by atoms with E-state index in [-0.39, 0.29) is 5.41 Å². The second kappa shape index (κ2) is 5.58. The highest BCUT2D eigenvalue weighted by molar-refractivity contribution is 5.58. The number of unbranched alkanes of at least 4 members (excludes halogenated alkanes) is 1. The summed E-state index contributed by atoms with van der Waals surface area (Å²) in [4.78, 5) is 11.8. The zero-order valence-corrected chi connectivity index (χ0v) is 13.5. The van der Waals surface area contributed by atoms with E-state index in [0.717, 1.165) is 23.8 Å². The number of hydrogen-bond donors (Lipinski definition) is 1. The fourth-order valence-electron chi connectivity index (χ4n) is 2.31. The molecule has 20 heavy (non-hydrogen) atoms. The van der Waals surface area contributed by atoms with Gasteiger partial charge in [-0.3, -0.25) is 0 Å². The second-order valence-corrected chi connectivity index (χ2v) is 6.91. The Morgan fingerprint density at radius 1 is 1.25 bits per heavy atom. The predicted octanol–water partition coefficient (Wildman–Crippen LogP) is 3.43. The molecule has 0 saturated heterocycles. The largest absolute Gasteiger partial charge is 0.383 e. The molecule has 1 aromatic rings. The van der Waals surface area contributed by atoms with E-state index in [1.807, 2.05) is 6.92 Å². The minimum absolute atomic E-state index is 0.0729. The fraction of sp³-hybridized carbons (Fsp3) is 0.750. The molecule has 0 atom stereocenters. The summed E-state index contributed by atoms with van der Waals surface area (Å²) in [5.41, 5.74) is 7.08. The Labute approximate surface area is 122 Å². The molecule has 2 rings (SSSR count). The molecule has 1 aliphatic rings. The van der Waals surface area contributed by atoms with Gasteiger partial charge in [0.1, 0.15) is 17.5 Å². The summed E-state index contributed by atoms with van der Waals surface area (Å²) in [7, 11) is 0. The highest BCUT2D eigenvalue weighted by atomic mass is 15.2. The van der Waals surface area contributed by atoms with Crippen LogP contribution in [0.3, 0.4) is 0 Å². The van der Waals surface area contributed by atoms with Crippen LogP contribution < -0.4 is 10.6 Å². The van der Waals surface area contributed by atoms with Crippen LogP contribution in [0.5, 0.6) is 0 Å². The Balaban J connectivity index is 2.39. The van der Waals surface area contributed by atoms with Gasteiger partial charge >= 0.3 is 0 Å². The van der Waals surface area contributed by atoms with Crippen molar-refractivity contribution in [2.24, 2.45) is 0 Å². The highest BCUT2D eigenvalue weighted by Gasteiger charge is 2.32. The minimum atomic E-state index is -0.0729. The van der Waals surface area contributed by atoms with E-state index in [4.69, 9.17) is 10.7 Å². The summed E-state index contributed by atoms with van der Waals surface area (Å²) in [6.07, 6.45) is 4.95. The average molecular weight is 276 g/mol. The number of nitrogens with two attached hydrogens (primary N) is 1. The van der Waals surface area contributed by atoms with Crippen LogP contribution in [0, 0.1) is 6.92 Å². The molecule has 0 aliphatic heterocycles. The minimum Gasteiger partial charge on any atom is -0.383 e. The number of aromatic nitrogens is 2. The molecule has 0 spiro atoms. The van der Waals surface area contributed by atoms with E-state index in [9.17, 15) is 0 Å². The molecule has 1 fully saturated rings. The van der Waals surface area contributed by atoms with Crippen LogP contribution in [0.25, 0.3) is 0 Å². The lowest BCUT2D eigenvalue weighted by Crippen LogP contribution is -2.30. The Morgan fingerprint density at radius 2 is 1.90 bits per heavy atom. The van der Waals surface area contributed by atoms with Crippen LogP contribution in [-0.2, 0) is 5.41 Å². The normalized spacial score (nSPS) is 15.4. The van der Waals surface area contributed by atoms with Crippen molar-refractivity contribution in [2.75, 3.05) is 17.2 Å². The van der Waals surface area contributed by atoms with Crippen molar-refractivity contribution in [3.05, 3.63) is 11.4 Å². The van der Waals surface area contributed by atoms with E-state index in [1.54, 1.807) is 0 Å². The van der Waals surface area contributed by atoms with Crippen LogP contribution >= 0.6 is 0 Å². The molecule has 112 valence electrons. The van der Waals surface area contributed by atoms with Crippen molar-refractivity contribution in [2.45, 2.75) is 71.8 Å². The van der Waals surface area contributed by atoms with E-state index in [1.165, 1.54) is 25.7 Å². The van der Waals surface area contributed by atoms with Gasteiger partial charge in [-0.1, -0.05) is 34.1 Å². The summed E-state index contributed by atoms with van der Waals surface area (Å²) < 4.78 is 0. The first-order valence-corrected chi connectivity index (χ1v) is 7.75. The molecule has 0 unspecified atom stereocenters. The second-order valence-electron chi connectivity index (χ2n) is 6.91. The van der Waals surface area contributed by atoms with Crippen molar-refractivity contribution in [3.8, 4) is 0 Å². The van der Waals surface area contributed by atoms with Crippen molar-refractivity contribution in [1.29, 1.82) is 0 Å². The number of nitrogen functional groups attached to an aromatic ring is 1. The van der Waals surface area contributed by atoms with Crippen LogP contribution in [0.15, 0.2) is 0 Å². The standard InChI is InChI=1S/C16H28N4/c1-6-7-10-20(12-8-9-12)14-11(2)13(17)18-15(19-14)16(3,4)5/h12H,6-10H2,1-5H3,(H2,17,18,19). The molecular weight excluding hydrogens is 248 g/mol. The third kappa shape index (κ3) is 3.22. The third-order valence-electron chi connectivity index (χ3n) is 3.84.